The van der Waals surface area contributed by atoms with Gasteiger partial charge in [-0.25, -0.2) is 9.36 Å². The fraction of sp³-hybridized carbons (Fsp3) is 0.625. The number of phosphoric acid groups is 1. The summed E-state index contributed by atoms with van der Waals surface area (Å²) in [7, 11) is -2.12. The van der Waals surface area contributed by atoms with Crippen molar-refractivity contribution < 1.29 is 33.1 Å². The van der Waals surface area contributed by atoms with Crippen LogP contribution in [0.1, 0.15) is 13.8 Å². The summed E-state index contributed by atoms with van der Waals surface area (Å²) in [6, 6.07) is 0. The zero-order valence-corrected chi connectivity index (χ0v) is 10.4. The molecule has 0 saturated carbocycles. The molecule has 0 aliphatic heterocycles. The lowest BCUT2D eigenvalue weighted by atomic mass is 10.2. The Hall–Kier alpha value is -0.880. The van der Waals surface area contributed by atoms with Crippen LogP contribution in [0.5, 0.6) is 0 Å². The van der Waals surface area contributed by atoms with Crippen LogP contribution in [0, 0.1) is 0 Å². The molecule has 7 nitrogen and oxygen atoms in total. The summed E-state index contributed by atoms with van der Waals surface area (Å²) in [6.07, 6.45) is -0.519. The van der Waals surface area contributed by atoms with E-state index in [2.05, 4.69) is 4.52 Å². The minimum Gasteiger partial charge on any atom is -0.498 e. The smallest absolute Gasteiger partial charge is 0.498 e. The van der Waals surface area contributed by atoms with Crippen LogP contribution in [0.25, 0.3) is 0 Å². The number of carbonyl (C=O) groups is 1. The second-order valence-corrected chi connectivity index (χ2v) is 4.10. The zero-order valence-electron chi connectivity index (χ0n) is 9.46. The highest BCUT2D eigenvalue weighted by Gasteiger charge is 2.25. The van der Waals surface area contributed by atoms with Crippen molar-refractivity contribution in [2.75, 3.05) is 14.2 Å². The molecule has 0 bridgehead atoms. The van der Waals surface area contributed by atoms with Crippen molar-refractivity contribution in [2.45, 2.75) is 20.0 Å². The predicted octanol–water partition coefficient (Wildman–Crippen LogP) is 0.578. The molecule has 0 heterocycles. The molecular weight excluding hydrogens is 239 g/mol. The van der Waals surface area contributed by atoms with Gasteiger partial charge in [-0.3, -0.25) is 9.79 Å². The van der Waals surface area contributed by atoms with Crippen molar-refractivity contribution in [2.24, 2.45) is 0 Å². The first kappa shape index (κ1) is 15.1. The van der Waals surface area contributed by atoms with Crippen molar-refractivity contribution in [3.63, 3.8) is 0 Å². The van der Waals surface area contributed by atoms with E-state index in [-0.39, 0.29) is 11.3 Å². The van der Waals surface area contributed by atoms with E-state index < -0.39 is 19.9 Å². The Kier molecular flexibility index (Phi) is 5.67. The maximum absolute atomic E-state index is 11.3. The van der Waals surface area contributed by atoms with Gasteiger partial charge in [-0.1, -0.05) is 0 Å². The number of methoxy groups -OCH3 is 2. The van der Waals surface area contributed by atoms with Crippen LogP contribution in [0.3, 0.4) is 0 Å². The van der Waals surface area contributed by atoms with Gasteiger partial charge in [0.25, 0.3) is 0 Å². The molecule has 8 heteroatoms. The van der Waals surface area contributed by atoms with E-state index in [1.807, 2.05) is 0 Å². The molecule has 0 fully saturated rings. The van der Waals surface area contributed by atoms with E-state index in [0.29, 0.717) is 0 Å². The summed E-state index contributed by atoms with van der Waals surface area (Å²) in [5.74, 6) is -0.991. The summed E-state index contributed by atoms with van der Waals surface area (Å²) in [6.45, 7) is 2.94. The summed E-state index contributed by atoms with van der Waals surface area (Å²) < 4.78 is 24.2. The van der Waals surface area contributed by atoms with Crippen LogP contribution >= 0.6 is 7.82 Å². The minimum atomic E-state index is -4.84. The van der Waals surface area contributed by atoms with Gasteiger partial charge < -0.3 is 14.0 Å². The number of carbonyl (C=O) groups excluding carboxylic acids is 1. The fourth-order valence-corrected chi connectivity index (χ4v) is 1.36. The lowest BCUT2D eigenvalue weighted by Gasteiger charge is -2.16. The third-order valence-corrected chi connectivity index (χ3v) is 2.22. The molecule has 0 spiro atoms. The third kappa shape index (κ3) is 4.76. The molecule has 16 heavy (non-hydrogen) atoms. The minimum absolute atomic E-state index is 0.0554. The summed E-state index contributed by atoms with van der Waals surface area (Å²) in [4.78, 5) is 28.2. The SMILES string of the molecule is COC(=C(C)C(=O)OP(=O)(O)O)C(C)OC. The molecular formula is C8H15O7P. The van der Waals surface area contributed by atoms with Crippen LogP contribution in [-0.2, 0) is 23.4 Å². The molecule has 2 N–H and O–H groups in total. The maximum Gasteiger partial charge on any atom is 0.527 e. The van der Waals surface area contributed by atoms with Gasteiger partial charge in [-0.15, -0.1) is 0 Å². The van der Waals surface area contributed by atoms with Gasteiger partial charge in [0.15, 0.2) is 0 Å². The Bertz CT molecular complexity index is 329. The standard InChI is InChI=1S/C8H15O7P/c1-5(7(14-4)6(2)13-3)8(9)15-16(10,11)12/h6H,1-4H3,(H2,10,11,12). The van der Waals surface area contributed by atoms with Crippen molar-refractivity contribution in [3.05, 3.63) is 11.3 Å². The average molecular weight is 254 g/mol. The van der Waals surface area contributed by atoms with Gasteiger partial charge in [-0.2, -0.15) is 0 Å². The van der Waals surface area contributed by atoms with Crippen LogP contribution < -0.4 is 0 Å². The van der Waals surface area contributed by atoms with Crippen molar-refractivity contribution in [1.82, 2.24) is 0 Å². The van der Waals surface area contributed by atoms with Crippen LogP contribution in [-0.4, -0.2) is 36.1 Å². The average Bonchev–Trinajstić information content (AvgIpc) is 2.15. The highest BCUT2D eigenvalue weighted by atomic mass is 31.2. The van der Waals surface area contributed by atoms with Crippen molar-refractivity contribution in [3.8, 4) is 0 Å². The molecule has 0 radical (unpaired) electrons. The molecule has 94 valence electrons. The lowest BCUT2D eigenvalue weighted by molar-refractivity contribution is -0.131. The Morgan fingerprint density at radius 1 is 1.31 bits per heavy atom. The van der Waals surface area contributed by atoms with Crippen LogP contribution in [0.2, 0.25) is 0 Å². The molecule has 0 aromatic heterocycles. The second kappa shape index (κ2) is 6.00. The van der Waals surface area contributed by atoms with Gasteiger partial charge >= 0.3 is 13.8 Å². The maximum atomic E-state index is 11.3. The Labute approximate surface area is 93.2 Å². The number of rotatable bonds is 5. The topological polar surface area (TPSA) is 102 Å². The normalized spacial score (nSPS) is 15.1. The van der Waals surface area contributed by atoms with Crippen molar-refractivity contribution in [1.29, 1.82) is 0 Å². The van der Waals surface area contributed by atoms with Gasteiger partial charge in [-0.05, 0) is 13.8 Å². The second-order valence-electron chi connectivity index (χ2n) is 2.94. The predicted molar refractivity (Wildman–Crippen MR) is 54.3 cm³/mol. The Balaban J connectivity index is 4.97. The first-order chi connectivity index (χ1) is 7.22. The van der Waals surface area contributed by atoms with E-state index in [9.17, 15) is 9.36 Å². The summed E-state index contributed by atoms with van der Waals surface area (Å²) >= 11 is 0. The Morgan fingerprint density at radius 2 is 1.81 bits per heavy atom. The highest BCUT2D eigenvalue weighted by molar-refractivity contribution is 7.46. The van der Waals surface area contributed by atoms with E-state index in [0.717, 1.165) is 0 Å². The zero-order chi connectivity index (χ0) is 12.9. The van der Waals surface area contributed by atoms with Crippen LogP contribution in [0.15, 0.2) is 11.3 Å². The molecule has 1 unspecified atom stereocenters. The van der Waals surface area contributed by atoms with E-state index in [1.165, 1.54) is 21.1 Å². The molecule has 0 amide bonds. The van der Waals surface area contributed by atoms with Gasteiger partial charge in [0.05, 0.1) is 12.7 Å². The molecule has 0 aliphatic carbocycles. The largest absolute Gasteiger partial charge is 0.527 e. The molecule has 0 rings (SSSR count). The molecule has 0 aromatic rings. The first-order valence-electron chi connectivity index (χ1n) is 4.30. The third-order valence-electron chi connectivity index (χ3n) is 1.82. The van der Waals surface area contributed by atoms with Crippen molar-refractivity contribution >= 4 is 13.8 Å². The Morgan fingerprint density at radius 3 is 2.12 bits per heavy atom. The quantitative estimate of drug-likeness (QED) is 0.420. The summed E-state index contributed by atoms with van der Waals surface area (Å²) in [5, 5.41) is 0. The van der Waals surface area contributed by atoms with Gasteiger partial charge in [0.2, 0.25) is 0 Å². The van der Waals surface area contributed by atoms with E-state index >= 15 is 0 Å². The fourth-order valence-electron chi connectivity index (χ4n) is 1.01. The van der Waals surface area contributed by atoms with E-state index in [4.69, 9.17) is 19.3 Å². The van der Waals surface area contributed by atoms with Crippen LogP contribution in [0.4, 0.5) is 0 Å². The molecule has 0 saturated heterocycles. The lowest BCUT2D eigenvalue weighted by Crippen LogP contribution is -2.16. The van der Waals surface area contributed by atoms with E-state index in [1.54, 1.807) is 6.92 Å². The monoisotopic (exact) mass is 254 g/mol. The number of phosphoric ester groups is 1. The summed E-state index contributed by atoms with van der Waals surface area (Å²) in [5.41, 5.74) is -0.0554. The molecule has 0 aromatic carbocycles. The number of ether oxygens (including phenoxy) is 2. The highest BCUT2D eigenvalue weighted by Crippen LogP contribution is 2.37. The molecule has 1 atom stereocenters. The number of hydrogen-bond acceptors (Lipinski definition) is 5. The first-order valence-corrected chi connectivity index (χ1v) is 5.83. The van der Waals surface area contributed by atoms with Gasteiger partial charge in [0.1, 0.15) is 11.9 Å². The molecule has 0 aliphatic rings. The number of hydrogen-bond donors (Lipinski definition) is 2. The van der Waals surface area contributed by atoms with Gasteiger partial charge in [0, 0.05) is 7.11 Å².